The standard InChI is InChI=1S/C24H26ClN3O/c1-15-8-10-23(11-9-15)14-18-7-6-17(16-4-3-5-19(25)12-16)13-20(18)24(23)21(29)28(2)22(26)27-24/h3-7,12-13,15H,8-11,14H2,1-2H3,(H2,26,27). The number of carbonyl (C=O) groups is 1. The summed E-state index contributed by atoms with van der Waals surface area (Å²) in [4.78, 5) is 20.1. The highest BCUT2D eigenvalue weighted by atomic mass is 35.5. The zero-order chi connectivity index (χ0) is 20.4. The zero-order valence-corrected chi connectivity index (χ0v) is 17.7. The minimum Gasteiger partial charge on any atom is -0.369 e. The second-order valence-electron chi connectivity index (χ2n) is 9.07. The van der Waals surface area contributed by atoms with Crippen LogP contribution in [0.15, 0.2) is 47.5 Å². The van der Waals surface area contributed by atoms with E-state index in [1.54, 1.807) is 11.9 Å². The van der Waals surface area contributed by atoms with Gasteiger partial charge in [-0.1, -0.05) is 55.6 Å². The van der Waals surface area contributed by atoms with E-state index in [0.29, 0.717) is 16.9 Å². The van der Waals surface area contributed by atoms with E-state index >= 15 is 0 Å². The summed E-state index contributed by atoms with van der Waals surface area (Å²) in [7, 11) is 1.74. The van der Waals surface area contributed by atoms with Gasteiger partial charge in [0.2, 0.25) is 0 Å². The molecule has 0 radical (unpaired) electrons. The largest absolute Gasteiger partial charge is 0.369 e. The van der Waals surface area contributed by atoms with Crippen molar-refractivity contribution in [2.24, 2.45) is 22.1 Å². The molecule has 1 unspecified atom stereocenters. The number of halogens is 1. The van der Waals surface area contributed by atoms with E-state index in [-0.39, 0.29) is 11.3 Å². The predicted molar refractivity (Wildman–Crippen MR) is 117 cm³/mol. The molecule has 0 saturated heterocycles. The number of guanidine groups is 1. The van der Waals surface area contributed by atoms with Crippen LogP contribution in [0.2, 0.25) is 5.02 Å². The van der Waals surface area contributed by atoms with Gasteiger partial charge in [0, 0.05) is 17.5 Å². The van der Waals surface area contributed by atoms with Crippen molar-refractivity contribution in [3.05, 3.63) is 58.6 Å². The third-order valence-electron chi connectivity index (χ3n) is 7.43. The number of fused-ring (bicyclic) bond motifs is 3. The molecular formula is C24H26ClN3O. The first-order valence-electron chi connectivity index (χ1n) is 10.4. The summed E-state index contributed by atoms with van der Waals surface area (Å²) in [6, 6.07) is 14.3. The maximum atomic E-state index is 13.7. The van der Waals surface area contributed by atoms with Gasteiger partial charge in [-0.3, -0.25) is 9.69 Å². The Morgan fingerprint density at radius 3 is 2.52 bits per heavy atom. The molecule has 29 heavy (non-hydrogen) atoms. The van der Waals surface area contributed by atoms with Crippen molar-refractivity contribution in [3.63, 3.8) is 0 Å². The van der Waals surface area contributed by atoms with Crippen LogP contribution in [0.25, 0.3) is 11.1 Å². The Hall–Kier alpha value is -2.33. The molecule has 0 aromatic heterocycles. The number of nitrogens with zero attached hydrogens (tertiary/aromatic N) is 2. The van der Waals surface area contributed by atoms with Crippen molar-refractivity contribution >= 4 is 23.5 Å². The molecule has 4 nitrogen and oxygen atoms in total. The summed E-state index contributed by atoms with van der Waals surface area (Å²) < 4.78 is 0. The molecule has 3 aliphatic rings. The average Bonchev–Trinajstić information content (AvgIpc) is 3.11. The van der Waals surface area contributed by atoms with Crippen LogP contribution >= 0.6 is 11.6 Å². The van der Waals surface area contributed by atoms with Crippen molar-refractivity contribution in [3.8, 4) is 11.1 Å². The second kappa shape index (κ2) is 6.33. The van der Waals surface area contributed by atoms with Crippen LogP contribution in [-0.4, -0.2) is 23.8 Å². The number of hydrogen-bond donors (Lipinski definition) is 1. The van der Waals surface area contributed by atoms with Crippen LogP contribution in [-0.2, 0) is 16.8 Å². The Balaban J connectivity index is 1.71. The number of amides is 1. The lowest BCUT2D eigenvalue weighted by molar-refractivity contribution is -0.136. The van der Waals surface area contributed by atoms with E-state index in [0.717, 1.165) is 48.8 Å². The number of rotatable bonds is 1. The van der Waals surface area contributed by atoms with Gasteiger partial charge in [0.25, 0.3) is 5.91 Å². The molecule has 2 N–H and O–H groups in total. The Labute approximate surface area is 176 Å². The first-order chi connectivity index (χ1) is 13.9. The van der Waals surface area contributed by atoms with Crippen LogP contribution in [0.3, 0.4) is 0 Å². The van der Waals surface area contributed by atoms with Gasteiger partial charge >= 0.3 is 0 Å². The topological polar surface area (TPSA) is 58.7 Å². The molecule has 5 rings (SSSR count). The monoisotopic (exact) mass is 407 g/mol. The molecule has 1 atom stereocenters. The Morgan fingerprint density at radius 2 is 1.86 bits per heavy atom. The molecule has 150 valence electrons. The second-order valence-corrected chi connectivity index (χ2v) is 9.50. The zero-order valence-electron chi connectivity index (χ0n) is 16.9. The van der Waals surface area contributed by atoms with Crippen LogP contribution in [0.5, 0.6) is 0 Å². The van der Waals surface area contributed by atoms with Crippen LogP contribution in [0, 0.1) is 11.3 Å². The van der Waals surface area contributed by atoms with E-state index in [4.69, 9.17) is 22.3 Å². The summed E-state index contributed by atoms with van der Waals surface area (Å²) in [6.07, 6.45) is 5.16. The SMILES string of the molecule is CC1CCC2(CC1)Cc1ccc(-c3cccc(Cl)c3)cc1C21N=C(N)N(C)C1=O. The van der Waals surface area contributed by atoms with Crippen molar-refractivity contribution in [1.82, 2.24) is 4.90 Å². The molecule has 1 fully saturated rings. The molecule has 2 aromatic carbocycles. The minimum atomic E-state index is -0.893. The van der Waals surface area contributed by atoms with E-state index in [1.165, 1.54) is 5.56 Å². The third kappa shape index (κ3) is 2.51. The van der Waals surface area contributed by atoms with Crippen LogP contribution in [0.4, 0.5) is 0 Å². The van der Waals surface area contributed by atoms with Gasteiger partial charge in [0.05, 0.1) is 0 Å². The highest BCUT2D eigenvalue weighted by Crippen LogP contribution is 2.62. The van der Waals surface area contributed by atoms with Gasteiger partial charge in [-0.25, -0.2) is 4.99 Å². The number of aliphatic imine (C=N–C) groups is 1. The fraction of sp³-hybridized carbons (Fsp3) is 0.417. The number of benzene rings is 2. The van der Waals surface area contributed by atoms with Gasteiger partial charge in [-0.15, -0.1) is 0 Å². The van der Waals surface area contributed by atoms with E-state index < -0.39 is 5.54 Å². The van der Waals surface area contributed by atoms with Gasteiger partial charge < -0.3 is 5.73 Å². The molecule has 1 aliphatic heterocycles. The summed E-state index contributed by atoms with van der Waals surface area (Å²) in [5.41, 5.74) is 9.49. The summed E-state index contributed by atoms with van der Waals surface area (Å²) in [6.45, 7) is 2.30. The van der Waals surface area contributed by atoms with Gasteiger partial charge in [0.15, 0.2) is 11.5 Å². The summed E-state index contributed by atoms with van der Waals surface area (Å²) in [5, 5.41) is 0.703. The quantitative estimate of drug-likeness (QED) is 0.742. The van der Waals surface area contributed by atoms with E-state index in [2.05, 4.69) is 25.1 Å². The fourth-order valence-corrected chi connectivity index (χ4v) is 5.90. The molecule has 2 spiro atoms. The number of carbonyl (C=O) groups excluding carboxylic acids is 1. The molecule has 1 amide bonds. The number of nitrogens with two attached hydrogens (primary N) is 1. The molecule has 2 aliphatic carbocycles. The van der Waals surface area contributed by atoms with Crippen LogP contribution in [0.1, 0.15) is 43.7 Å². The lowest BCUT2D eigenvalue weighted by Gasteiger charge is -2.45. The molecule has 5 heteroatoms. The molecule has 1 saturated carbocycles. The van der Waals surface area contributed by atoms with Crippen molar-refractivity contribution in [1.29, 1.82) is 0 Å². The minimum absolute atomic E-state index is 0.0200. The van der Waals surface area contributed by atoms with Crippen molar-refractivity contribution < 1.29 is 4.79 Å². The van der Waals surface area contributed by atoms with E-state index in [9.17, 15) is 4.79 Å². The highest BCUT2D eigenvalue weighted by Gasteiger charge is 2.66. The Kier molecular flexibility index (Phi) is 4.08. The molecule has 1 heterocycles. The fourth-order valence-electron chi connectivity index (χ4n) is 5.71. The number of likely N-dealkylation sites (N-methyl/N-ethyl adjacent to an activating group) is 1. The van der Waals surface area contributed by atoms with Gasteiger partial charge in [-0.2, -0.15) is 0 Å². The van der Waals surface area contributed by atoms with Crippen molar-refractivity contribution in [2.75, 3.05) is 7.05 Å². The van der Waals surface area contributed by atoms with Gasteiger partial charge in [0.1, 0.15) is 0 Å². The van der Waals surface area contributed by atoms with E-state index in [1.807, 2.05) is 24.3 Å². The smallest absolute Gasteiger partial charge is 0.262 e. The maximum absolute atomic E-state index is 13.7. The average molecular weight is 408 g/mol. The number of hydrogen-bond acceptors (Lipinski definition) is 3. The Morgan fingerprint density at radius 1 is 1.14 bits per heavy atom. The molecular weight excluding hydrogens is 382 g/mol. The lowest BCUT2D eigenvalue weighted by atomic mass is 9.60. The normalized spacial score (nSPS) is 30.9. The van der Waals surface area contributed by atoms with Crippen molar-refractivity contribution in [2.45, 2.75) is 44.6 Å². The third-order valence-corrected chi connectivity index (χ3v) is 7.66. The first-order valence-corrected chi connectivity index (χ1v) is 10.8. The lowest BCUT2D eigenvalue weighted by Crippen LogP contribution is -2.50. The maximum Gasteiger partial charge on any atom is 0.262 e. The van der Waals surface area contributed by atoms with Gasteiger partial charge in [-0.05, 0) is 65.6 Å². The first kappa shape index (κ1) is 18.7. The molecule has 2 aromatic rings. The molecule has 0 bridgehead atoms. The Bertz CT molecular complexity index is 1040. The highest BCUT2D eigenvalue weighted by molar-refractivity contribution is 6.30. The van der Waals surface area contributed by atoms with Crippen LogP contribution < -0.4 is 5.73 Å². The summed E-state index contributed by atoms with van der Waals surface area (Å²) in [5.74, 6) is 1.04. The summed E-state index contributed by atoms with van der Waals surface area (Å²) >= 11 is 6.23. The predicted octanol–water partition coefficient (Wildman–Crippen LogP) is 4.74.